The number of benzene rings is 1. The molecule has 0 N–H and O–H groups in total. The van der Waals surface area contributed by atoms with E-state index in [-0.39, 0.29) is 4.83 Å². The molecule has 7 heteroatoms. The number of nitro benzene ring substituents is 1. The van der Waals surface area contributed by atoms with E-state index >= 15 is 0 Å². The first-order valence-electron chi connectivity index (χ1n) is 5.77. The van der Waals surface area contributed by atoms with Gasteiger partial charge in [0.15, 0.2) is 0 Å². The summed E-state index contributed by atoms with van der Waals surface area (Å²) < 4.78 is 38.3. The molecular formula is C12H11BrF3NO2. The first-order valence-corrected chi connectivity index (χ1v) is 6.69. The first-order chi connectivity index (χ1) is 8.79. The van der Waals surface area contributed by atoms with Crippen LogP contribution in [0.3, 0.4) is 0 Å². The Morgan fingerprint density at radius 2 is 2.05 bits per heavy atom. The van der Waals surface area contributed by atoms with E-state index in [4.69, 9.17) is 0 Å². The molecule has 0 aliphatic heterocycles. The van der Waals surface area contributed by atoms with Gasteiger partial charge in [0.25, 0.3) is 5.69 Å². The third kappa shape index (κ3) is 3.46. The average molecular weight is 338 g/mol. The normalized spacial score (nSPS) is 17.3. The summed E-state index contributed by atoms with van der Waals surface area (Å²) in [4.78, 5) is 9.75. The fraction of sp³-hybridized carbons (Fsp3) is 0.500. The summed E-state index contributed by atoms with van der Waals surface area (Å²) in [5.74, 6) is 0.504. The largest absolute Gasteiger partial charge is 0.423 e. The minimum absolute atomic E-state index is 0.134. The van der Waals surface area contributed by atoms with Crippen LogP contribution >= 0.6 is 15.9 Å². The lowest BCUT2D eigenvalue weighted by Gasteiger charge is -2.12. The maximum atomic E-state index is 12.8. The molecule has 0 radical (unpaired) electrons. The van der Waals surface area contributed by atoms with Crippen molar-refractivity contribution in [3.05, 3.63) is 39.4 Å². The fourth-order valence-electron chi connectivity index (χ4n) is 1.95. The van der Waals surface area contributed by atoms with Crippen LogP contribution in [0.4, 0.5) is 18.9 Å². The Balaban J connectivity index is 2.29. The molecule has 1 fully saturated rings. The van der Waals surface area contributed by atoms with Crippen molar-refractivity contribution < 1.29 is 18.1 Å². The number of alkyl halides is 4. The van der Waals surface area contributed by atoms with Crippen LogP contribution in [0.2, 0.25) is 0 Å². The number of hydrogen-bond acceptors (Lipinski definition) is 2. The molecule has 0 spiro atoms. The van der Waals surface area contributed by atoms with Gasteiger partial charge in [0.1, 0.15) is 5.56 Å². The summed E-state index contributed by atoms with van der Waals surface area (Å²) in [6, 6.07) is 3.21. The van der Waals surface area contributed by atoms with Gasteiger partial charge in [0, 0.05) is 10.9 Å². The second kappa shape index (κ2) is 5.11. The van der Waals surface area contributed by atoms with Crippen molar-refractivity contribution in [2.24, 2.45) is 5.92 Å². The first kappa shape index (κ1) is 14.3. The Labute approximate surface area is 116 Å². The van der Waals surface area contributed by atoms with Crippen molar-refractivity contribution >= 4 is 21.6 Å². The number of rotatable bonds is 4. The molecule has 1 aliphatic rings. The SMILES string of the molecule is O=[N+]([O-])c1ccc(CC(Br)C2CC2)cc1C(F)(F)F. The predicted octanol–water partition coefficient (Wildman–Crippen LogP) is 4.33. The smallest absolute Gasteiger partial charge is 0.258 e. The minimum Gasteiger partial charge on any atom is -0.258 e. The molecule has 1 aliphatic carbocycles. The standard InChI is InChI=1S/C12H11BrF3NO2/c13-10(8-2-3-8)6-7-1-4-11(17(18)19)9(5-7)12(14,15)16/h1,4-5,8,10H,2-3,6H2. The van der Waals surface area contributed by atoms with E-state index in [1.165, 1.54) is 6.07 Å². The molecule has 0 saturated heterocycles. The summed E-state index contributed by atoms with van der Waals surface area (Å²) in [6.45, 7) is 0. The monoisotopic (exact) mass is 337 g/mol. The van der Waals surface area contributed by atoms with E-state index in [9.17, 15) is 23.3 Å². The molecule has 1 aromatic rings. The topological polar surface area (TPSA) is 43.1 Å². The molecule has 104 valence electrons. The highest BCUT2D eigenvalue weighted by molar-refractivity contribution is 9.09. The Hall–Kier alpha value is -1.11. The van der Waals surface area contributed by atoms with Crippen molar-refractivity contribution in [2.45, 2.75) is 30.3 Å². The summed E-state index contributed by atoms with van der Waals surface area (Å²) in [5.41, 5.74) is -1.61. The van der Waals surface area contributed by atoms with Crippen LogP contribution in [0.1, 0.15) is 24.0 Å². The average Bonchev–Trinajstić information content (AvgIpc) is 3.11. The van der Waals surface area contributed by atoms with Gasteiger partial charge < -0.3 is 0 Å². The zero-order chi connectivity index (χ0) is 14.2. The highest BCUT2D eigenvalue weighted by atomic mass is 79.9. The maximum absolute atomic E-state index is 12.8. The molecule has 1 saturated carbocycles. The molecular weight excluding hydrogens is 327 g/mol. The van der Waals surface area contributed by atoms with Crippen LogP contribution in [0, 0.1) is 16.0 Å². The fourth-order valence-corrected chi connectivity index (χ4v) is 2.85. The van der Waals surface area contributed by atoms with E-state index in [0.717, 1.165) is 25.0 Å². The second-order valence-corrected chi connectivity index (χ2v) is 5.84. The molecule has 0 heterocycles. The molecule has 19 heavy (non-hydrogen) atoms. The zero-order valence-electron chi connectivity index (χ0n) is 9.78. The van der Waals surface area contributed by atoms with Gasteiger partial charge in [-0.05, 0) is 36.8 Å². The molecule has 3 nitrogen and oxygen atoms in total. The summed E-state index contributed by atoms with van der Waals surface area (Å²) in [6.07, 6.45) is -2.10. The Morgan fingerprint density at radius 3 is 2.53 bits per heavy atom. The Bertz CT molecular complexity index is 500. The van der Waals surface area contributed by atoms with Crippen LogP contribution < -0.4 is 0 Å². The van der Waals surface area contributed by atoms with Crippen LogP contribution in [0.5, 0.6) is 0 Å². The van der Waals surface area contributed by atoms with Crippen LogP contribution in [-0.4, -0.2) is 9.75 Å². The molecule has 1 aromatic carbocycles. The minimum atomic E-state index is -4.71. The van der Waals surface area contributed by atoms with E-state index in [1.54, 1.807) is 0 Å². The lowest BCUT2D eigenvalue weighted by Crippen LogP contribution is -2.11. The van der Waals surface area contributed by atoms with Gasteiger partial charge in [-0.15, -0.1) is 0 Å². The van der Waals surface area contributed by atoms with Gasteiger partial charge in [-0.25, -0.2) is 0 Å². The van der Waals surface area contributed by atoms with Gasteiger partial charge in [-0.2, -0.15) is 13.2 Å². The predicted molar refractivity (Wildman–Crippen MR) is 67.2 cm³/mol. The van der Waals surface area contributed by atoms with Crippen molar-refractivity contribution in [1.82, 2.24) is 0 Å². The van der Waals surface area contributed by atoms with Gasteiger partial charge in [-0.3, -0.25) is 10.1 Å². The summed E-state index contributed by atoms with van der Waals surface area (Å²) >= 11 is 3.45. The van der Waals surface area contributed by atoms with Crippen molar-refractivity contribution in [1.29, 1.82) is 0 Å². The molecule has 0 aromatic heterocycles. The number of nitrogens with zero attached hydrogens (tertiary/aromatic N) is 1. The lowest BCUT2D eigenvalue weighted by atomic mass is 10.0. The van der Waals surface area contributed by atoms with Gasteiger partial charge in [-0.1, -0.05) is 22.0 Å². The van der Waals surface area contributed by atoms with Gasteiger partial charge >= 0.3 is 6.18 Å². The summed E-state index contributed by atoms with van der Waals surface area (Å²) in [5, 5.41) is 10.6. The maximum Gasteiger partial charge on any atom is 0.423 e. The Kier molecular flexibility index (Phi) is 3.85. The zero-order valence-corrected chi connectivity index (χ0v) is 11.4. The lowest BCUT2D eigenvalue weighted by molar-refractivity contribution is -0.388. The van der Waals surface area contributed by atoms with Crippen molar-refractivity contribution in [3.63, 3.8) is 0 Å². The quantitative estimate of drug-likeness (QED) is 0.466. The van der Waals surface area contributed by atoms with Gasteiger partial charge in [0.05, 0.1) is 4.92 Å². The van der Waals surface area contributed by atoms with Crippen molar-refractivity contribution in [3.8, 4) is 0 Å². The third-order valence-corrected chi connectivity index (χ3v) is 4.20. The van der Waals surface area contributed by atoms with E-state index in [0.29, 0.717) is 17.9 Å². The van der Waals surface area contributed by atoms with E-state index in [1.807, 2.05) is 0 Å². The highest BCUT2D eigenvalue weighted by Crippen LogP contribution is 2.40. The third-order valence-electron chi connectivity index (χ3n) is 3.13. The summed E-state index contributed by atoms with van der Waals surface area (Å²) in [7, 11) is 0. The number of nitro groups is 1. The molecule has 0 bridgehead atoms. The second-order valence-electron chi connectivity index (χ2n) is 4.66. The van der Waals surface area contributed by atoms with Crippen LogP contribution in [0.25, 0.3) is 0 Å². The van der Waals surface area contributed by atoms with E-state index in [2.05, 4.69) is 15.9 Å². The molecule has 1 unspecified atom stereocenters. The number of halogens is 4. The molecule has 1 atom stereocenters. The van der Waals surface area contributed by atoms with E-state index < -0.39 is 22.4 Å². The molecule has 2 rings (SSSR count). The van der Waals surface area contributed by atoms with Crippen LogP contribution in [-0.2, 0) is 12.6 Å². The Morgan fingerprint density at radius 1 is 1.42 bits per heavy atom. The van der Waals surface area contributed by atoms with Gasteiger partial charge in [0.2, 0.25) is 0 Å². The highest BCUT2D eigenvalue weighted by Gasteiger charge is 2.38. The van der Waals surface area contributed by atoms with Crippen molar-refractivity contribution in [2.75, 3.05) is 0 Å². The van der Waals surface area contributed by atoms with Crippen LogP contribution in [0.15, 0.2) is 18.2 Å². The molecule has 0 amide bonds. The number of hydrogen-bond donors (Lipinski definition) is 0.